The van der Waals surface area contributed by atoms with Gasteiger partial charge in [-0.2, -0.15) is 0 Å². The van der Waals surface area contributed by atoms with Crippen LogP contribution in [0.5, 0.6) is 5.75 Å². The van der Waals surface area contributed by atoms with Crippen molar-refractivity contribution in [2.75, 3.05) is 6.54 Å². The maximum absolute atomic E-state index is 6.14. The van der Waals surface area contributed by atoms with Crippen molar-refractivity contribution in [2.45, 2.75) is 31.8 Å². The van der Waals surface area contributed by atoms with Gasteiger partial charge < -0.3 is 10.5 Å². The third-order valence-electron chi connectivity index (χ3n) is 4.06. The van der Waals surface area contributed by atoms with Gasteiger partial charge in [0.05, 0.1) is 0 Å². The molecule has 1 atom stereocenters. The zero-order valence-electron chi connectivity index (χ0n) is 12.0. The second-order valence-corrected chi connectivity index (χ2v) is 6.36. The van der Waals surface area contributed by atoms with E-state index in [-0.39, 0.29) is 6.10 Å². The largest absolute Gasteiger partial charge is 0.484 e. The minimum Gasteiger partial charge on any atom is -0.484 e. The van der Waals surface area contributed by atoms with Crippen LogP contribution in [0.3, 0.4) is 0 Å². The Labute approximate surface area is 134 Å². The van der Waals surface area contributed by atoms with Crippen molar-refractivity contribution in [1.29, 1.82) is 0 Å². The average Bonchev–Trinajstić information content (AvgIpc) is 2.53. The molecule has 0 amide bonds. The van der Waals surface area contributed by atoms with E-state index in [2.05, 4.69) is 40.2 Å². The van der Waals surface area contributed by atoms with Gasteiger partial charge in [-0.15, -0.1) is 0 Å². The van der Waals surface area contributed by atoms with Crippen molar-refractivity contribution < 1.29 is 4.74 Å². The second kappa shape index (κ2) is 6.63. The van der Waals surface area contributed by atoms with E-state index in [4.69, 9.17) is 10.5 Å². The summed E-state index contributed by atoms with van der Waals surface area (Å²) in [6.07, 6.45) is 4.81. The lowest BCUT2D eigenvalue weighted by Crippen LogP contribution is -2.19. The summed E-state index contributed by atoms with van der Waals surface area (Å²) in [6.45, 7) is 0.458. The van der Waals surface area contributed by atoms with Crippen LogP contribution in [0, 0.1) is 0 Å². The van der Waals surface area contributed by atoms with Crippen molar-refractivity contribution in [3.8, 4) is 5.75 Å². The predicted octanol–water partition coefficient (Wildman–Crippen LogP) is 4.41. The van der Waals surface area contributed by atoms with E-state index >= 15 is 0 Å². The molecule has 0 aliphatic heterocycles. The number of hydrogen-bond acceptors (Lipinski definition) is 2. The molecule has 2 N–H and O–H groups in total. The Balaban J connectivity index is 1.83. The van der Waals surface area contributed by atoms with Crippen LogP contribution in [-0.2, 0) is 12.8 Å². The van der Waals surface area contributed by atoms with Crippen LogP contribution in [0.2, 0.25) is 0 Å². The van der Waals surface area contributed by atoms with Crippen LogP contribution in [0.15, 0.2) is 46.9 Å². The average molecular weight is 346 g/mol. The summed E-state index contributed by atoms with van der Waals surface area (Å²) in [6, 6.07) is 14.6. The summed E-state index contributed by atoms with van der Waals surface area (Å²) >= 11 is 3.58. The highest BCUT2D eigenvalue weighted by molar-refractivity contribution is 9.10. The topological polar surface area (TPSA) is 35.2 Å². The molecular weight excluding hydrogens is 326 g/mol. The van der Waals surface area contributed by atoms with Gasteiger partial charge in [-0.25, -0.2) is 0 Å². The molecule has 110 valence electrons. The van der Waals surface area contributed by atoms with E-state index in [0.717, 1.165) is 22.2 Å². The highest BCUT2D eigenvalue weighted by atomic mass is 79.9. The number of halogens is 1. The first-order valence-corrected chi connectivity index (χ1v) is 8.30. The number of fused-ring (bicyclic) bond motifs is 1. The first-order chi connectivity index (χ1) is 10.3. The number of nitrogens with two attached hydrogens (primary N) is 1. The standard InChI is InChI=1S/C18H20BrNO/c19-17-8-4-3-7-16(17)18(12-20)21-15-10-9-13-5-1-2-6-14(13)11-15/h3-4,7-11,18H,1-2,5-6,12,20H2. The second-order valence-electron chi connectivity index (χ2n) is 5.50. The van der Waals surface area contributed by atoms with E-state index in [1.807, 2.05) is 18.2 Å². The van der Waals surface area contributed by atoms with Gasteiger partial charge in [0.1, 0.15) is 11.9 Å². The Morgan fingerprint density at radius 2 is 1.81 bits per heavy atom. The lowest BCUT2D eigenvalue weighted by atomic mass is 9.92. The fourth-order valence-electron chi connectivity index (χ4n) is 2.92. The zero-order valence-corrected chi connectivity index (χ0v) is 13.6. The summed E-state index contributed by atoms with van der Waals surface area (Å²) in [7, 11) is 0. The molecule has 0 radical (unpaired) electrons. The maximum Gasteiger partial charge on any atom is 0.137 e. The van der Waals surface area contributed by atoms with Crippen LogP contribution in [0.25, 0.3) is 0 Å². The smallest absolute Gasteiger partial charge is 0.137 e. The fourth-order valence-corrected chi connectivity index (χ4v) is 3.46. The lowest BCUT2D eigenvalue weighted by molar-refractivity contribution is 0.213. The van der Waals surface area contributed by atoms with E-state index in [1.165, 1.54) is 30.4 Å². The molecule has 1 aliphatic carbocycles. The molecule has 0 saturated heterocycles. The summed E-state index contributed by atoms with van der Waals surface area (Å²) < 4.78 is 7.18. The zero-order chi connectivity index (χ0) is 14.7. The van der Waals surface area contributed by atoms with E-state index in [1.54, 1.807) is 0 Å². The highest BCUT2D eigenvalue weighted by Crippen LogP contribution is 2.30. The normalized spacial score (nSPS) is 15.3. The highest BCUT2D eigenvalue weighted by Gasteiger charge is 2.16. The van der Waals surface area contributed by atoms with Crippen molar-refractivity contribution >= 4 is 15.9 Å². The SMILES string of the molecule is NCC(Oc1ccc2c(c1)CCCC2)c1ccccc1Br. The number of ether oxygens (including phenoxy) is 1. The lowest BCUT2D eigenvalue weighted by Gasteiger charge is -2.21. The molecule has 0 aromatic heterocycles. The molecule has 0 heterocycles. The van der Waals surface area contributed by atoms with Crippen molar-refractivity contribution in [2.24, 2.45) is 5.73 Å². The van der Waals surface area contributed by atoms with Crippen LogP contribution in [-0.4, -0.2) is 6.54 Å². The molecular formula is C18H20BrNO. The van der Waals surface area contributed by atoms with Gasteiger partial charge in [0, 0.05) is 16.6 Å². The van der Waals surface area contributed by atoms with Crippen LogP contribution in [0.4, 0.5) is 0 Å². The molecule has 1 unspecified atom stereocenters. The molecule has 0 saturated carbocycles. The quantitative estimate of drug-likeness (QED) is 0.890. The van der Waals surface area contributed by atoms with Crippen LogP contribution < -0.4 is 10.5 Å². The van der Waals surface area contributed by atoms with Crippen molar-refractivity contribution in [3.05, 3.63) is 63.6 Å². The molecule has 3 heteroatoms. The van der Waals surface area contributed by atoms with Gasteiger partial charge in [0.25, 0.3) is 0 Å². The number of aryl methyl sites for hydroxylation is 2. The van der Waals surface area contributed by atoms with Gasteiger partial charge in [0.2, 0.25) is 0 Å². The molecule has 3 rings (SSSR count). The number of benzene rings is 2. The van der Waals surface area contributed by atoms with Gasteiger partial charge in [0.15, 0.2) is 0 Å². The van der Waals surface area contributed by atoms with E-state index in [0.29, 0.717) is 6.54 Å². The Hall–Kier alpha value is -1.32. The number of hydrogen-bond donors (Lipinski definition) is 1. The van der Waals surface area contributed by atoms with E-state index in [9.17, 15) is 0 Å². The Morgan fingerprint density at radius 1 is 1.05 bits per heavy atom. The Kier molecular flexibility index (Phi) is 4.61. The minimum atomic E-state index is -0.123. The first-order valence-electron chi connectivity index (χ1n) is 7.51. The molecule has 0 bridgehead atoms. The fraction of sp³-hybridized carbons (Fsp3) is 0.333. The molecule has 0 fully saturated rings. The third-order valence-corrected chi connectivity index (χ3v) is 4.79. The summed E-state index contributed by atoms with van der Waals surface area (Å²) in [4.78, 5) is 0. The van der Waals surface area contributed by atoms with Crippen molar-refractivity contribution in [1.82, 2.24) is 0 Å². The number of rotatable bonds is 4. The maximum atomic E-state index is 6.14. The molecule has 2 nitrogen and oxygen atoms in total. The Bertz CT molecular complexity index is 626. The van der Waals surface area contributed by atoms with Gasteiger partial charge >= 0.3 is 0 Å². The van der Waals surface area contributed by atoms with Crippen molar-refractivity contribution in [3.63, 3.8) is 0 Å². The monoisotopic (exact) mass is 345 g/mol. The minimum absolute atomic E-state index is 0.123. The molecule has 2 aromatic rings. The van der Waals surface area contributed by atoms with Gasteiger partial charge in [-0.05, 0) is 55.0 Å². The van der Waals surface area contributed by atoms with Crippen LogP contribution in [0.1, 0.15) is 35.6 Å². The van der Waals surface area contributed by atoms with Gasteiger partial charge in [-0.3, -0.25) is 0 Å². The summed E-state index contributed by atoms with van der Waals surface area (Å²) in [5.41, 5.74) is 9.91. The Morgan fingerprint density at radius 3 is 2.57 bits per heavy atom. The molecule has 0 spiro atoms. The molecule has 21 heavy (non-hydrogen) atoms. The van der Waals surface area contributed by atoms with E-state index < -0.39 is 0 Å². The van der Waals surface area contributed by atoms with Gasteiger partial charge in [-0.1, -0.05) is 40.2 Å². The molecule has 2 aromatic carbocycles. The molecule has 1 aliphatic rings. The van der Waals surface area contributed by atoms with Crippen LogP contribution >= 0.6 is 15.9 Å². The predicted molar refractivity (Wildman–Crippen MR) is 89.6 cm³/mol. The third kappa shape index (κ3) is 3.30. The summed E-state index contributed by atoms with van der Waals surface area (Å²) in [5.74, 6) is 0.918. The first kappa shape index (κ1) is 14.6. The summed E-state index contributed by atoms with van der Waals surface area (Å²) in [5, 5.41) is 0.